The number of amides is 2. The van der Waals surface area contributed by atoms with Gasteiger partial charge in [0.1, 0.15) is 5.82 Å². The number of rotatable bonds is 4. The highest BCUT2D eigenvalue weighted by atomic mass is 32.1. The summed E-state index contributed by atoms with van der Waals surface area (Å²) in [6, 6.07) is 9.09. The van der Waals surface area contributed by atoms with Crippen molar-refractivity contribution in [1.82, 2.24) is 9.80 Å². The first-order chi connectivity index (χ1) is 12.0. The number of hydrogen-bond acceptors (Lipinski definition) is 4. The van der Waals surface area contributed by atoms with Crippen LogP contribution in [0.1, 0.15) is 16.6 Å². The molecule has 1 N–H and O–H groups in total. The molecule has 7 heteroatoms. The molecule has 2 amide bonds. The summed E-state index contributed by atoms with van der Waals surface area (Å²) < 4.78 is 12.9. The molecule has 0 aliphatic carbocycles. The molecule has 3 rings (SSSR count). The Balaban J connectivity index is 1.52. The Bertz CT molecular complexity index is 725. The minimum absolute atomic E-state index is 0.0538. The fourth-order valence-corrected chi connectivity index (χ4v) is 3.50. The van der Waals surface area contributed by atoms with E-state index in [-0.39, 0.29) is 23.7 Å². The summed E-state index contributed by atoms with van der Waals surface area (Å²) in [5, 5.41) is 4.69. The molecule has 1 aromatic carbocycles. The molecule has 132 valence electrons. The van der Waals surface area contributed by atoms with Crippen LogP contribution in [0.4, 0.5) is 10.1 Å². The number of carbonyl (C=O) groups excluding carboxylic acids is 2. The summed E-state index contributed by atoms with van der Waals surface area (Å²) >= 11 is 1.44. The quantitative estimate of drug-likeness (QED) is 0.911. The van der Waals surface area contributed by atoms with Crippen LogP contribution in [0.2, 0.25) is 0 Å². The Kier molecular flexibility index (Phi) is 5.45. The van der Waals surface area contributed by atoms with Crippen LogP contribution in [-0.2, 0) is 4.79 Å². The monoisotopic (exact) mass is 361 g/mol. The van der Waals surface area contributed by atoms with E-state index in [0.717, 1.165) is 4.88 Å². The molecule has 25 heavy (non-hydrogen) atoms. The molecule has 0 saturated carbocycles. The lowest BCUT2D eigenvalue weighted by Crippen LogP contribution is -2.53. The van der Waals surface area contributed by atoms with E-state index in [9.17, 15) is 14.0 Å². The smallest absolute Gasteiger partial charge is 0.264 e. The van der Waals surface area contributed by atoms with Crippen molar-refractivity contribution in [2.24, 2.45) is 0 Å². The number of nitrogens with one attached hydrogen (secondary N) is 1. The largest absolute Gasteiger partial charge is 0.335 e. The van der Waals surface area contributed by atoms with Crippen LogP contribution in [0.3, 0.4) is 0 Å². The van der Waals surface area contributed by atoms with E-state index in [2.05, 4.69) is 10.2 Å². The third kappa shape index (κ3) is 4.24. The van der Waals surface area contributed by atoms with Crippen molar-refractivity contribution in [2.75, 3.05) is 31.5 Å². The molecular weight excluding hydrogens is 341 g/mol. The molecule has 1 saturated heterocycles. The average Bonchev–Trinajstić information content (AvgIpc) is 3.17. The predicted molar refractivity (Wildman–Crippen MR) is 96.3 cm³/mol. The second-order valence-electron chi connectivity index (χ2n) is 5.98. The Hall–Kier alpha value is -2.25. The van der Waals surface area contributed by atoms with Gasteiger partial charge in [0, 0.05) is 31.9 Å². The Morgan fingerprint density at radius 3 is 2.40 bits per heavy atom. The average molecular weight is 361 g/mol. The number of hydrogen-bond donors (Lipinski definition) is 1. The van der Waals surface area contributed by atoms with Gasteiger partial charge in [-0.25, -0.2) is 4.39 Å². The van der Waals surface area contributed by atoms with Gasteiger partial charge in [-0.1, -0.05) is 6.07 Å². The van der Waals surface area contributed by atoms with Crippen molar-refractivity contribution < 1.29 is 14.0 Å². The van der Waals surface area contributed by atoms with E-state index in [1.807, 2.05) is 29.3 Å². The third-order valence-corrected chi connectivity index (χ3v) is 5.23. The van der Waals surface area contributed by atoms with Crippen LogP contribution >= 0.6 is 11.3 Å². The predicted octanol–water partition coefficient (Wildman–Crippen LogP) is 2.67. The van der Waals surface area contributed by atoms with Crippen LogP contribution in [0.25, 0.3) is 0 Å². The lowest BCUT2D eigenvalue weighted by atomic mass is 10.2. The van der Waals surface area contributed by atoms with Crippen molar-refractivity contribution in [1.29, 1.82) is 0 Å². The number of benzene rings is 1. The number of carbonyl (C=O) groups is 2. The molecule has 1 aliphatic heterocycles. The zero-order chi connectivity index (χ0) is 17.8. The van der Waals surface area contributed by atoms with E-state index >= 15 is 0 Å². The second kappa shape index (κ2) is 7.76. The van der Waals surface area contributed by atoms with Gasteiger partial charge >= 0.3 is 0 Å². The van der Waals surface area contributed by atoms with Crippen LogP contribution in [0.15, 0.2) is 41.8 Å². The van der Waals surface area contributed by atoms with Crippen molar-refractivity contribution in [3.05, 3.63) is 52.5 Å². The number of piperazine rings is 1. The summed E-state index contributed by atoms with van der Waals surface area (Å²) in [7, 11) is 0. The Labute approximate surface area is 150 Å². The molecule has 1 aromatic heterocycles. The molecule has 1 atom stereocenters. The van der Waals surface area contributed by atoms with Crippen LogP contribution in [0, 0.1) is 5.82 Å². The van der Waals surface area contributed by atoms with E-state index < -0.39 is 0 Å². The summed E-state index contributed by atoms with van der Waals surface area (Å²) in [4.78, 5) is 29.3. The van der Waals surface area contributed by atoms with E-state index in [0.29, 0.717) is 31.9 Å². The minimum Gasteiger partial charge on any atom is -0.335 e. The fraction of sp³-hybridized carbons (Fsp3) is 0.333. The Morgan fingerprint density at radius 1 is 1.12 bits per heavy atom. The molecule has 1 aliphatic rings. The summed E-state index contributed by atoms with van der Waals surface area (Å²) in [5.74, 6) is -0.416. The Morgan fingerprint density at radius 2 is 1.80 bits per heavy atom. The molecule has 0 bridgehead atoms. The van der Waals surface area contributed by atoms with E-state index in [1.54, 1.807) is 0 Å². The fourth-order valence-electron chi connectivity index (χ4n) is 2.81. The molecular formula is C18H20FN3O2S. The van der Waals surface area contributed by atoms with Gasteiger partial charge in [0.15, 0.2) is 0 Å². The number of anilines is 1. The highest BCUT2D eigenvalue weighted by Gasteiger charge is 2.28. The first-order valence-corrected chi connectivity index (χ1v) is 9.06. The van der Waals surface area contributed by atoms with Gasteiger partial charge < -0.3 is 10.2 Å². The second-order valence-corrected chi connectivity index (χ2v) is 6.93. The lowest BCUT2D eigenvalue weighted by molar-refractivity contribution is -0.121. The van der Waals surface area contributed by atoms with E-state index in [4.69, 9.17) is 0 Å². The number of halogens is 1. The highest BCUT2D eigenvalue weighted by molar-refractivity contribution is 7.12. The maximum Gasteiger partial charge on any atom is 0.264 e. The van der Waals surface area contributed by atoms with Gasteiger partial charge in [-0.3, -0.25) is 14.5 Å². The number of thiophene rings is 1. The van der Waals surface area contributed by atoms with Gasteiger partial charge in [0.2, 0.25) is 5.91 Å². The van der Waals surface area contributed by atoms with Gasteiger partial charge in [-0.15, -0.1) is 11.3 Å². The van der Waals surface area contributed by atoms with Gasteiger partial charge in [-0.05, 0) is 42.6 Å². The summed E-state index contributed by atoms with van der Waals surface area (Å²) in [6.45, 7) is 4.34. The van der Waals surface area contributed by atoms with Crippen molar-refractivity contribution in [2.45, 2.75) is 13.0 Å². The van der Waals surface area contributed by atoms with Crippen LogP contribution in [0.5, 0.6) is 0 Å². The molecule has 0 unspecified atom stereocenters. The number of nitrogens with zero attached hydrogens (tertiary/aromatic N) is 2. The zero-order valence-corrected chi connectivity index (χ0v) is 14.8. The van der Waals surface area contributed by atoms with Gasteiger partial charge in [0.25, 0.3) is 5.91 Å². The van der Waals surface area contributed by atoms with Crippen LogP contribution in [-0.4, -0.2) is 53.8 Å². The third-order valence-electron chi connectivity index (χ3n) is 4.37. The van der Waals surface area contributed by atoms with Crippen molar-refractivity contribution in [3.63, 3.8) is 0 Å². The highest BCUT2D eigenvalue weighted by Crippen LogP contribution is 2.16. The molecule has 1 fully saturated rings. The van der Waals surface area contributed by atoms with Crippen molar-refractivity contribution in [3.8, 4) is 0 Å². The standard InChI is InChI=1S/C18H20FN3O2S/c1-13(17(23)20-15-6-4-14(19)5-7-15)21-8-10-22(11-9-21)18(24)16-3-2-12-25-16/h2-7,12-13H,8-11H2,1H3,(H,20,23)/t13-/m0/s1. The summed E-state index contributed by atoms with van der Waals surface area (Å²) in [5.41, 5.74) is 0.574. The van der Waals surface area contributed by atoms with Crippen LogP contribution < -0.4 is 5.32 Å². The van der Waals surface area contributed by atoms with Crippen molar-refractivity contribution >= 4 is 28.8 Å². The van der Waals surface area contributed by atoms with E-state index in [1.165, 1.54) is 35.6 Å². The van der Waals surface area contributed by atoms with Gasteiger partial charge in [-0.2, -0.15) is 0 Å². The van der Waals surface area contributed by atoms with Gasteiger partial charge in [0.05, 0.1) is 10.9 Å². The zero-order valence-electron chi connectivity index (χ0n) is 13.9. The first-order valence-electron chi connectivity index (χ1n) is 8.18. The maximum atomic E-state index is 12.9. The normalized spacial score (nSPS) is 16.5. The first kappa shape index (κ1) is 17.6. The molecule has 5 nitrogen and oxygen atoms in total. The topological polar surface area (TPSA) is 52.7 Å². The maximum absolute atomic E-state index is 12.9. The summed E-state index contributed by atoms with van der Waals surface area (Å²) in [6.07, 6.45) is 0. The minimum atomic E-state index is -0.336. The molecule has 2 aromatic rings. The molecule has 2 heterocycles. The molecule has 0 radical (unpaired) electrons. The SMILES string of the molecule is C[C@@H](C(=O)Nc1ccc(F)cc1)N1CCN(C(=O)c2cccs2)CC1. The lowest BCUT2D eigenvalue weighted by Gasteiger charge is -2.37. The molecule has 0 spiro atoms.